The van der Waals surface area contributed by atoms with Crippen LogP contribution in [0.15, 0.2) is 12.1 Å². The van der Waals surface area contributed by atoms with E-state index in [-0.39, 0.29) is 11.9 Å². The van der Waals surface area contributed by atoms with E-state index in [1.165, 1.54) is 19.3 Å². The molecule has 0 saturated heterocycles. The number of hydrogen-bond acceptors (Lipinski definition) is 2. The maximum absolute atomic E-state index is 13.8. The highest BCUT2D eigenvalue weighted by Gasteiger charge is 2.14. The van der Waals surface area contributed by atoms with Crippen molar-refractivity contribution in [3.8, 4) is 5.75 Å². The maximum atomic E-state index is 13.8. The highest BCUT2D eigenvalue weighted by Crippen LogP contribution is 2.28. The molecule has 3 heteroatoms. The second-order valence-corrected chi connectivity index (χ2v) is 5.33. The van der Waals surface area contributed by atoms with Crippen LogP contribution < -0.4 is 10.1 Å². The molecule has 0 aromatic heterocycles. The average Bonchev–Trinajstić information content (AvgIpc) is 2.42. The molecule has 2 nitrogen and oxygen atoms in total. The van der Waals surface area contributed by atoms with Crippen molar-refractivity contribution in [1.29, 1.82) is 0 Å². The van der Waals surface area contributed by atoms with Crippen LogP contribution in [0.5, 0.6) is 5.75 Å². The molecule has 1 aromatic rings. The second kappa shape index (κ2) is 8.96. The first-order valence-electron chi connectivity index (χ1n) is 7.76. The molecule has 0 spiro atoms. The van der Waals surface area contributed by atoms with E-state index in [1.54, 1.807) is 13.0 Å². The first kappa shape index (κ1) is 17.0. The van der Waals surface area contributed by atoms with Gasteiger partial charge in [0.25, 0.3) is 0 Å². The molecule has 1 N–H and O–H groups in total. The van der Waals surface area contributed by atoms with Gasteiger partial charge < -0.3 is 10.1 Å². The number of nitrogens with one attached hydrogen (secondary N) is 1. The summed E-state index contributed by atoms with van der Waals surface area (Å²) in [7, 11) is 0. The number of halogens is 1. The molecule has 0 bridgehead atoms. The number of unbranched alkanes of at least 4 members (excludes halogenated alkanes) is 3. The summed E-state index contributed by atoms with van der Waals surface area (Å²) in [6.07, 6.45) is 4.71. The van der Waals surface area contributed by atoms with Crippen molar-refractivity contribution in [2.45, 2.75) is 59.4 Å². The van der Waals surface area contributed by atoms with Gasteiger partial charge in [-0.15, -0.1) is 0 Å². The van der Waals surface area contributed by atoms with Gasteiger partial charge in [-0.25, -0.2) is 4.39 Å². The van der Waals surface area contributed by atoms with Crippen LogP contribution in [0.4, 0.5) is 4.39 Å². The minimum Gasteiger partial charge on any atom is -0.493 e. The molecule has 0 aliphatic heterocycles. The zero-order chi connectivity index (χ0) is 15.0. The first-order chi connectivity index (χ1) is 9.60. The average molecular weight is 281 g/mol. The van der Waals surface area contributed by atoms with Crippen LogP contribution in [0.2, 0.25) is 0 Å². The largest absolute Gasteiger partial charge is 0.493 e. The van der Waals surface area contributed by atoms with Gasteiger partial charge in [0.15, 0.2) is 0 Å². The molecule has 20 heavy (non-hydrogen) atoms. The second-order valence-electron chi connectivity index (χ2n) is 5.33. The molecule has 1 atom stereocenters. The van der Waals surface area contributed by atoms with Crippen molar-refractivity contribution in [3.63, 3.8) is 0 Å². The van der Waals surface area contributed by atoms with Crippen molar-refractivity contribution in [1.82, 2.24) is 5.32 Å². The predicted octanol–water partition coefficient (Wildman–Crippen LogP) is 4.76. The van der Waals surface area contributed by atoms with Crippen LogP contribution in [0.1, 0.15) is 63.6 Å². The van der Waals surface area contributed by atoms with Gasteiger partial charge in [-0.05, 0) is 44.5 Å². The fourth-order valence-electron chi connectivity index (χ4n) is 2.26. The predicted molar refractivity (Wildman–Crippen MR) is 82.9 cm³/mol. The van der Waals surface area contributed by atoms with Crippen LogP contribution in [-0.2, 0) is 0 Å². The summed E-state index contributed by atoms with van der Waals surface area (Å²) in [6.45, 7) is 9.62. The summed E-state index contributed by atoms with van der Waals surface area (Å²) >= 11 is 0. The third-order valence-corrected chi connectivity index (χ3v) is 3.52. The minimum atomic E-state index is -0.164. The summed E-state index contributed by atoms with van der Waals surface area (Å²) in [5.74, 6) is 0.650. The molecule has 0 aliphatic carbocycles. The molecule has 114 valence electrons. The zero-order valence-electron chi connectivity index (χ0n) is 13.3. The van der Waals surface area contributed by atoms with E-state index in [0.29, 0.717) is 12.2 Å². The highest BCUT2D eigenvalue weighted by atomic mass is 19.1. The third kappa shape index (κ3) is 5.12. The number of hydrogen-bond donors (Lipinski definition) is 1. The Morgan fingerprint density at radius 1 is 1.20 bits per heavy atom. The molecule has 0 amide bonds. The molecule has 1 aromatic carbocycles. The zero-order valence-corrected chi connectivity index (χ0v) is 13.3. The lowest BCUT2D eigenvalue weighted by Crippen LogP contribution is -2.19. The Labute approximate surface area is 122 Å². The van der Waals surface area contributed by atoms with Crippen molar-refractivity contribution >= 4 is 0 Å². The molecule has 0 saturated carbocycles. The van der Waals surface area contributed by atoms with Gasteiger partial charge in [0, 0.05) is 11.6 Å². The van der Waals surface area contributed by atoms with Crippen LogP contribution in [0, 0.1) is 12.7 Å². The lowest BCUT2D eigenvalue weighted by Gasteiger charge is -2.19. The maximum Gasteiger partial charge on any atom is 0.126 e. The van der Waals surface area contributed by atoms with E-state index in [1.807, 2.05) is 19.9 Å². The van der Waals surface area contributed by atoms with E-state index in [9.17, 15) is 4.39 Å². The number of rotatable bonds is 9. The fraction of sp³-hybridized carbons (Fsp3) is 0.647. The lowest BCUT2D eigenvalue weighted by molar-refractivity contribution is 0.298. The van der Waals surface area contributed by atoms with Gasteiger partial charge >= 0.3 is 0 Å². The van der Waals surface area contributed by atoms with Crippen LogP contribution >= 0.6 is 0 Å². The van der Waals surface area contributed by atoms with E-state index in [0.717, 1.165) is 24.3 Å². The van der Waals surface area contributed by atoms with Crippen molar-refractivity contribution in [3.05, 3.63) is 29.1 Å². The van der Waals surface area contributed by atoms with Crippen molar-refractivity contribution < 1.29 is 9.13 Å². The van der Waals surface area contributed by atoms with E-state index >= 15 is 0 Å². The summed E-state index contributed by atoms with van der Waals surface area (Å²) in [4.78, 5) is 0. The molecule has 1 rings (SSSR count). The third-order valence-electron chi connectivity index (χ3n) is 3.52. The smallest absolute Gasteiger partial charge is 0.126 e. The lowest BCUT2D eigenvalue weighted by atomic mass is 10.0. The Bertz CT molecular complexity index is 406. The standard InChI is InChI=1S/C17H28FNO/c1-5-7-8-9-10-20-17-11-13(3)16(18)12-15(17)14(4)19-6-2/h11-12,14,19H,5-10H2,1-4H3. The van der Waals surface area contributed by atoms with Gasteiger partial charge in [-0.2, -0.15) is 0 Å². The topological polar surface area (TPSA) is 21.3 Å². The van der Waals surface area contributed by atoms with Gasteiger partial charge in [0.2, 0.25) is 0 Å². The summed E-state index contributed by atoms with van der Waals surface area (Å²) in [6, 6.07) is 3.52. The number of benzene rings is 1. The monoisotopic (exact) mass is 281 g/mol. The summed E-state index contributed by atoms with van der Waals surface area (Å²) in [5, 5.41) is 3.31. The van der Waals surface area contributed by atoms with Crippen molar-refractivity contribution in [2.75, 3.05) is 13.2 Å². The minimum absolute atomic E-state index is 0.0979. The summed E-state index contributed by atoms with van der Waals surface area (Å²) < 4.78 is 19.6. The molecule has 0 heterocycles. The fourth-order valence-corrected chi connectivity index (χ4v) is 2.26. The Morgan fingerprint density at radius 3 is 2.60 bits per heavy atom. The van der Waals surface area contributed by atoms with Gasteiger partial charge in [-0.3, -0.25) is 0 Å². The van der Waals surface area contributed by atoms with Crippen LogP contribution in [0.25, 0.3) is 0 Å². The molecule has 1 unspecified atom stereocenters. The SMILES string of the molecule is CCCCCCOc1cc(C)c(F)cc1C(C)NCC. The van der Waals surface area contributed by atoms with Gasteiger partial charge in [0.05, 0.1) is 6.61 Å². The molecule has 0 fully saturated rings. The Balaban J connectivity index is 2.73. The first-order valence-corrected chi connectivity index (χ1v) is 7.76. The number of aryl methyl sites for hydroxylation is 1. The van der Waals surface area contributed by atoms with E-state index in [4.69, 9.17) is 4.74 Å². The molecular formula is C17H28FNO. The van der Waals surface area contributed by atoms with Gasteiger partial charge in [0.1, 0.15) is 11.6 Å². The number of ether oxygens (including phenoxy) is 1. The molecular weight excluding hydrogens is 253 g/mol. The molecule has 0 radical (unpaired) electrons. The Morgan fingerprint density at radius 2 is 1.95 bits per heavy atom. The quantitative estimate of drug-likeness (QED) is 0.659. The van der Waals surface area contributed by atoms with Crippen molar-refractivity contribution in [2.24, 2.45) is 0 Å². The highest BCUT2D eigenvalue weighted by molar-refractivity contribution is 5.40. The molecule has 0 aliphatic rings. The Hall–Kier alpha value is -1.09. The normalized spacial score (nSPS) is 12.4. The Kier molecular flexibility index (Phi) is 7.60. The van der Waals surface area contributed by atoms with E-state index < -0.39 is 0 Å². The van der Waals surface area contributed by atoms with Crippen LogP contribution in [0.3, 0.4) is 0 Å². The van der Waals surface area contributed by atoms with Crippen LogP contribution in [-0.4, -0.2) is 13.2 Å². The van der Waals surface area contributed by atoms with Gasteiger partial charge in [-0.1, -0.05) is 33.1 Å². The van der Waals surface area contributed by atoms with E-state index in [2.05, 4.69) is 12.2 Å². The summed E-state index contributed by atoms with van der Waals surface area (Å²) in [5.41, 5.74) is 1.55.